The molecule has 0 amide bonds. The molecule has 0 spiro atoms. The van der Waals surface area contributed by atoms with Crippen LogP contribution in [-0.4, -0.2) is 25.1 Å². The first-order chi connectivity index (χ1) is 7.72. The summed E-state index contributed by atoms with van der Waals surface area (Å²) in [6.07, 6.45) is 0.985. The Hall–Kier alpha value is -0.250. The van der Waals surface area contributed by atoms with Crippen LogP contribution in [0.5, 0.6) is 5.75 Å². The van der Waals surface area contributed by atoms with Crippen molar-refractivity contribution in [2.45, 2.75) is 19.4 Å². The lowest BCUT2D eigenvalue weighted by atomic mass is 10.2. The summed E-state index contributed by atoms with van der Waals surface area (Å²) in [5, 5.41) is 3.35. The fraction of sp³-hybridized carbons (Fsp3) is 0.500. The minimum Gasteiger partial charge on any atom is -0.492 e. The van der Waals surface area contributed by atoms with Crippen molar-refractivity contribution >= 4 is 27.5 Å². The molecule has 0 aliphatic carbocycles. The maximum Gasteiger partial charge on any atom is 0.120 e. The normalized spacial score (nSPS) is 12.4. The molecule has 1 rings (SSSR count). The van der Waals surface area contributed by atoms with Gasteiger partial charge in [-0.2, -0.15) is 0 Å². The number of rotatable bonds is 7. The summed E-state index contributed by atoms with van der Waals surface area (Å²) in [6.45, 7) is 3.63. The van der Waals surface area contributed by atoms with Crippen LogP contribution in [0.2, 0.25) is 0 Å². The highest BCUT2D eigenvalue weighted by molar-refractivity contribution is 9.10. The molecule has 0 radical (unpaired) electrons. The quantitative estimate of drug-likeness (QED) is 0.615. The van der Waals surface area contributed by atoms with Gasteiger partial charge in [0.2, 0.25) is 0 Å². The molecule has 0 aromatic heterocycles. The van der Waals surface area contributed by atoms with Crippen molar-refractivity contribution in [3.8, 4) is 5.75 Å². The first-order valence-corrected chi connectivity index (χ1v) is 6.73. The molecule has 0 aliphatic rings. The smallest absolute Gasteiger partial charge is 0.120 e. The van der Waals surface area contributed by atoms with Gasteiger partial charge in [0.15, 0.2) is 0 Å². The zero-order valence-corrected chi connectivity index (χ0v) is 11.7. The van der Waals surface area contributed by atoms with Crippen LogP contribution in [0.25, 0.3) is 0 Å². The summed E-state index contributed by atoms with van der Waals surface area (Å²) < 4.78 is 6.63. The third kappa shape index (κ3) is 5.73. The van der Waals surface area contributed by atoms with Gasteiger partial charge in [-0.3, -0.25) is 0 Å². The van der Waals surface area contributed by atoms with Gasteiger partial charge in [-0.25, -0.2) is 0 Å². The van der Waals surface area contributed by atoms with E-state index in [1.54, 1.807) is 0 Å². The molecule has 4 heteroatoms. The Balaban J connectivity index is 2.16. The fourth-order valence-corrected chi connectivity index (χ4v) is 2.00. The SMILES string of the molecule is CC(CCCl)NCCOc1cccc(Br)c1. The van der Waals surface area contributed by atoms with Crippen molar-refractivity contribution in [2.75, 3.05) is 19.0 Å². The van der Waals surface area contributed by atoms with Gasteiger partial charge in [0.1, 0.15) is 12.4 Å². The van der Waals surface area contributed by atoms with Crippen LogP contribution in [-0.2, 0) is 0 Å². The van der Waals surface area contributed by atoms with Crippen LogP contribution < -0.4 is 10.1 Å². The van der Waals surface area contributed by atoms with E-state index >= 15 is 0 Å². The van der Waals surface area contributed by atoms with Crippen molar-refractivity contribution in [2.24, 2.45) is 0 Å². The lowest BCUT2D eigenvalue weighted by molar-refractivity contribution is 0.306. The second-order valence-corrected chi connectivity index (χ2v) is 4.93. The number of hydrogen-bond acceptors (Lipinski definition) is 2. The van der Waals surface area contributed by atoms with Crippen LogP contribution >= 0.6 is 27.5 Å². The summed E-state index contributed by atoms with van der Waals surface area (Å²) in [5.41, 5.74) is 0. The summed E-state index contributed by atoms with van der Waals surface area (Å²) in [6, 6.07) is 8.30. The van der Waals surface area contributed by atoms with Crippen molar-refractivity contribution in [1.29, 1.82) is 0 Å². The van der Waals surface area contributed by atoms with Gasteiger partial charge in [0.25, 0.3) is 0 Å². The number of hydrogen-bond donors (Lipinski definition) is 1. The van der Waals surface area contributed by atoms with Crippen LogP contribution in [0.1, 0.15) is 13.3 Å². The van der Waals surface area contributed by atoms with Gasteiger partial charge in [-0.15, -0.1) is 11.6 Å². The number of halogens is 2. The highest BCUT2D eigenvalue weighted by Gasteiger charge is 1.99. The number of ether oxygens (including phenoxy) is 1. The zero-order valence-electron chi connectivity index (χ0n) is 9.38. The average Bonchev–Trinajstić information content (AvgIpc) is 2.25. The molecule has 1 aromatic rings. The second-order valence-electron chi connectivity index (χ2n) is 3.64. The van der Waals surface area contributed by atoms with E-state index in [-0.39, 0.29) is 0 Å². The summed E-state index contributed by atoms with van der Waals surface area (Å²) >= 11 is 9.05. The predicted molar refractivity (Wildman–Crippen MR) is 72.4 cm³/mol. The molecule has 90 valence electrons. The van der Waals surface area contributed by atoms with Crippen molar-refractivity contribution < 1.29 is 4.74 Å². The average molecular weight is 307 g/mol. The van der Waals surface area contributed by atoms with Gasteiger partial charge in [0, 0.05) is 22.9 Å². The molecular formula is C12H17BrClNO. The van der Waals surface area contributed by atoms with Crippen LogP contribution in [0.4, 0.5) is 0 Å². The Morgan fingerprint density at radius 3 is 3.00 bits per heavy atom. The first kappa shape index (κ1) is 13.8. The third-order valence-corrected chi connectivity index (χ3v) is 2.91. The molecule has 1 unspecified atom stereocenters. The maximum atomic E-state index is 5.65. The Morgan fingerprint density at radius 1 is 1.50 bits per heavy atom. The monoisotopic (exact) mass is 305 g/mol. The number of alkyl halides is 1. The topological polar surface area (TPSA) is 21.3 Å². The Bertz CT molecular complexity index is 309. The standard InChI is InChI=1S/C12H17BrClNO/c1-10(5-6-14)15-7-8-16-12-4-2-3-11(13)9-12/h2-4,9-10,15H,5-8H2,1H3. The molecule has 2 nitrogen and oxygen atoms in total. The van der Waals surface area contributed by atoms with E-state index in [1.807, 2.05) is 24.3 Å². The molecule has 0 fully saturated rings. The van der Waals surface area contributed by atoms with Gasteiger partial charge in [-0.05, 0) is 31.5 Å². The van der Waals surface area contributed by atoms with Crippen LogP contribution in [0, 0.1) is 0 Å². The van der Waals surface area contributed by atoms with E-state index in [0.29, 0.717) is 18.5 Å². The molecule has 16 heavy (non-hydrogen) atoms. The van der Waals surface area contributed by atoms with E-state index < -0.39 is 0 Å². The van der Waals surface area contributed by atoms with Crippen LogP contribution in [0.3, 0.4) is 0 Å². The minimum absolute atomic E-state index is 0.448. The molecular weight excluding hydrogens is 289 g/mol. The molecule has 0 aliphatic heterocycles. The second kappa shape index (κ2) is 7.93. The molecule has 1 aromatic carbocycles. The molecule has 0 saturated carbocycles. The van der Waals surface area contributed by atoms with Gasteiger partial charge in [0.05, 0.1) is 0 Å². The van der Waals surface area contributed by atoms with E-state index in [0.717, 1.165) is 23.2 Å². The van der Waals surface area contributed by atoms with Crippen molar-refractivity contribution in [3.05, 3.63) is 28.7 Å². The Kier molecular flexibility index (Phi) is 6.85. The van der Waals surface area contributed by atoms with E-state index in [1.165, 1.54) is 0 Å². The lowest BCUT2D eigenvalue weighted by Gasteiger charge is -2.12. The van der Waals surface area contributed by atoms with E-state index in [9.17, 15) is 0 Å². The Labute approximate surface area is 110 Å². The maximum absolute atomic E-state index is 5.65. The fourth-order valence-electron chi connectivity index (χ4n) is 1.30. The molecule has 0 heterocycles. The first-order valence-electron chi connectivity index (χ1n) is 5.40. The lowest BCUT2D eigenvalue weighted by Crippen LogP contribution is -2.30. The minimum atomic E-state index is 0.448. The van der Waals surface area contributed by atoms with E-state index in [4.69, 9.17) is 16.3 Å². The molecule has 1 atom stereocenters. The summed E-state index contributed by atoms with van der Waals surface area (Å²) in [7, 11) is 0. The number of nitrogens with one attached hydrogen (secondary N) is 1. The largest absolute Gasteiger partial charge is 0.492 e. The van der Waals surface area contributed by atoms with Gasteiger partial charge < -0.3 is 10.1 Å². The van der Waals surface area contributed by atoms with Gasteiger partial charge >= 0.3 is 0 Å². The predicted octanol–water partition coefficient (Wildman–Crippen LogP) is 3.43. The van der Waals surface area contributed by atoms with E-state index in [2.05, 4.69) is 28.2 Å². The van der Waals surface area contributed by atoms with Crippen LogP contribution in [0.15, 0.2) is 28.7 Å². The van der Waals surface area contributed by atoms with Gasteiger partial charge in [-0.1, -0.05) is 22.0 Å². The van der Waals surface area contributed by atoms with Crippen molar-refractivity contribution in [1.82, 2.24) is 5.32 Å². The summed E-state index contributed by atoms with van der Waals surface area (Å²) in [4.78, 5) is 0. The zero-order chi connectivity index (χ0) is 11.8. The van der Waals surface area contributed by atoms with Crippen molar-refractivity contribution in [3.63, 3.8) is 0 Å². The summed E-state index contributed by atoms with van der Waals surface area (Å²) in [5.74, 6) is 1.59. The molecule has 0 bridgehead atoms. The Morgan fingerprint density at radius 2 is 2.31 bits per heavy atom. The number of benzene rings is 1. The molecule has 1 N–H and O–H groups in total. The highest BCUT2D eigenvalue weighted by Crippen LogP contribution is 2.17. The third-order valence-electron chi connectivity index (χ3n) is 2.20. The highest BCUT2D eigenvalue weighted by atomic mass is 79.9. The molecule has 0 saturated heterocycles.